The van der Waals surface area contributed by atoms with E-state index in [0.717, 1.165) is 11.9 Å². The van der Waals surface area contributed by atoms with E-state index in [4.69, 9.17) is 0 Å². The maximum absolute atomic E-state index is 13.4. The Morgan fingerprint density at radius 1 is 1.35 bits per heavy atom. The minimum atomic E-state index is -4.46. The predicted octanol–water partition coefficient (Wildman–Crippen LogP) is 4.31. The Bertz CT molecular complexity index is 1020. The van der Waals surface area contributed by atoms with Gasteiger partial charge in [-0.1, -0.05) is 12.1 Å². The topological polar surface area (TPSA) is 39.8 Å². The van der Waals surface area contributed by atoms with Crippen molar-refractivity contribution in [1.82, 2.24) is 14.1 Å². The van der Waals surface area contributed by atoms with Crippen molar-refractivity contribution in [3.63, 3.8) is 0 Å². The summed E-state index contributed by atoms with van der Waals surface area (Å²) in [5.41, 5.74) is -0.222. The van der Waals surface area contributed by atoms with E-state index in [1.165, 1.54) is 22.4 Å². The van der Waals surface area contributed by atoms with E-state index in [-0.39, 0.29) is 17.2 Å². The number of benzene rings is 1. The number of Topliss-reactive ketones (excluding diaryl/α,β-unsaturated/α-hetero) is 1. The number of para-hydroxylation sites is 1. The van der Waals surface area contributed by atoms with E-state index >= 15 is 0 Å². The van der Waals surface area contributed by atoms with Crippen LogP contribution in [0.15, 0.2) is 35.6 Å². The van der Waals surface area contributed by atoms with Crippen molar-refractivity contribution in [1.29, 1.82) is 0 Å². The average molecular weight is 379 g/mol. The molecule has 136 valence electrons. The van der Waals surface area contributed by atoms with Crippen molar-refractivity contribution in [2.75, 3.05) is 5.75 Å². The van der Waals surface area contributed by atoms with Crippen molar-refractivity contribution in [2.45, 2.75) is 24.7 Å². The van der Waals surface area contributed by atoms with Crippen LogP contribution in [0.5, 0.6) is 0 Å². The molecule has 8 heteroatoms. The fourth-order valence-electron chi connectivity index (χ4n) is 3.56. The Morgan fingerprint density at radius 3 is 2.77 bits per heavy atom. The molecule has 1 aromatic carbocycles. The molecule has 1 aliphatic rings. The van der Waals surface area contributed by atoms with Gasteiger partial charge in [-0.05, 0) is 13.0 Å². The average Bonchev–Trinajstić information content (AvgIpc) is 3.11. The first-order chi connectivity index (χ1) is 12.3. The summed E-state index contributed by atoms with van der Waals surface area (Å²) in [6.07, 6.45) is -0.975. The predicted molar refractivity (Wildman–Crippen MR) is 93.4 cm³/mol. The molecule has 4 rings (SSSR count). The van der Waals surface area contributed by atoms with Crippen LogP contribution < -0.4 is 0 Å². The smallest absolute Gasteiger partial charge is 0.338 e. The van der Waals surface area contributed by atoms with E-state index in [1.54, 1.807) is 19.3 Å². The van der Waals surface area contributed by atoms with Crippen LogP contribution in [-0.4, -0.2) is 25.7 Å². The summed E-state index contributed by atoms with van der Waals surface area (Å²) in [5.74, 6) is 0.956. The summed E-state index contributed by atoms with van der Waals surface area (Å²) in [5, 5.41) is 0.988. The first-order valence-corrected chi connectivity index (χ1v) is 9.11. The Morgan fingerprint density at radius 2 is 2.12 bits per heavy atom. The molecule has 0 spiro atoms. The van der Waals surface area contributed by atoms with Gasteiger partial charge in [0.25, 0.3) is 0 Å². The van der Waals surface area contributed by atoms with Gasteiger partial charge in [0.2, 0.25) is 0 Å². The van der Waals surface area contributed by atoms with Crippen LogP contribution in [0.2, 0.25) is 0 Å². The van der Waals surface area contributed by atoms with Gasteiger partial charge in [-0.2, -0.15) is 13.2 Å². The van der Waals surface area contributed by atoms with E-state index in [9.17, 15) is 18.0 Å². The van der Waals surface area contributed by atoms with Gasteiger partial charge in [0, 0.05) is 43.0 Å². The Hall–Kier alpha value is -2.22. The number of aromatic nitrogens is 3. The van der Waals surface area contributed by atoms with Crippen molar-refractivity contribution in [2.24, 2.45) is 13.0 Å². The summed E-state index contributed by atoms with van der Waals surface area (Å²) >= 11 is 1.44. The molecule has 3 aromatic rings. The van der Waals surface area contributed by atoms with E-state index in [1.807, 2.05) is 17.7 Å². The molecule has 0 N–H and O–H groups in total. The number of carbonyl (C=O) groups excluding carboxylic acids is 1. The van der Waals surface area contributed by atoms with Crippen LogP contribution in [0.1, 0.15) is 21.7 Å². The number of hydrogen-bond donors (Lipinski definition) is 0. The summed E-state index contributed by atoms with van der Waals surface area (Å²) in [4.78, 5) is 17.3. The second-order valence-electron chi connectivity index (χ2n) is 6.44. The SMILES string of the molecule is Cc1nccn1CC1CSc2c(c3cccc(C(F)(F)F)c3n2C)C1=O. The Kier molecular flexibility index (Phi) is 3.91. The van der Waals surface area contributed by atoms with Gasteiger partial charge in [-0.15, -0.1) is 11.8 Å². The molecule has 1 atom stereocenters. The maximum atomic E-state index is 13.4. The summed E-state index contributed by atoms with van der Waals surface area (Å²) in [6.45, 7) is 2.34. The molecule has 26 heavy (non-hydrogen) atoms. The second kappa shape index (κ2) is 5.90. The third-order valence-corrected chi connectivity index (χ3v) is 6.16. The van der Waals surface area contributed by atoms with Gasteiger partial charge in [0.05, 0.1) is 21.7 Å². The molecular weight excluding hydrogens is 363 g/mol. The van der Waals surface area contributed by atoms with Crippen LogP contribution in [0.4, 0.5) is 13.2 Å². The van der Waals surface area contributed by atoms with Crippen LogP contribution in [0.25, 0.3) is 10.9 Å². The first kappa shape index (κ1) is 17.2. The highest BCUT2D eigenvalue weighted by Gasteiger charge is 2.38. The largest absolute Gasteiger partial charge is 0.418 e. The van der Waals surface area contributed by atoms with Gasteiger partial charge >= 0.3 is 6.18 Å². The number of aryl methyl sites for hydroxylation is 2. The number of carbonyl (C=O) groups is 1. The molecule has 0 amide bonds. The number of ketones is 1. The molecule has 3 heterocycles. The highest BCUT2D eigenvalue weighted by atomic mass is 32.2. The van der Waals surface area contributed by atoms with Crippen LogP contribution in [0, 0.1) is 12.8 Å². The molecule has 4 nitrogen and oxygen atoms in total. The standard InChI is InChI=1S/C18H16F3N3OS/c1-10-22-6-7-24(10)8-11-9-26-17-14(16(11)25)12-4-3-5-13(18(19,20)21)15(12)23(17)2/h3-7,11H,8-9H2,1-2H3. The number of thioether (sulfide) groups is 1. The van der Waals surface area contributed by atoms with Crippen LogP contribution in [0.3, 0.4) is 0 Å². The lowest BCUT2D eigenvalue weighted by atomic mass is 9.97. The summed E-state index contributed by atoms with van der Waals surface area (Å²) in [7, 11) is 1.59. The molecule has 0 aliphatic carbocycles. The van der Waals surface area contributed by atoms with Crippen LogP contribution >= 0.6 is 11.8 Å². The molecule has 0 radical (unpaired) electrons. The molecule has 0 saturated carbocycles. The van der Waals surface area contributed by atoms with Crippen molar-refractivity contribution in [3.05, 3.63) is 47.5 Å². The highest BCUT2D eigenvalue weighted by Crippen LogP contribution is 2.43. The first-order valence-electron chi connectivity index (χ1n) is 8.12. The maximum Gasteiger partial charge on any atom is 0.418 e. The Labute approximate surface area is 152 Å². The van der Waals surface area contributed by atoms with Crippen LogP contribution in [-0.2, 0) is 19.8 Å². The molecule has 2 aromatic heterocycles. The van der Waals surface area contributed by atoms with Gasteiger partial charge in [0.15, 0.2) is 5.78 Å². The summed E-state index contributed by atoms with van der Waals surface area (Å²) in [6, 6.07) is 4.04. The zero-order valence-corrected chi connectivity index (χ0v) is 15.0. The van der Waals surface area contributed by atoms with Gasteiger partial charge in [-0.3, -0.25) is 4.79 Å². The van der Waals surface area contributed by atoms with E-state index in [0.29, 0.717) is 28.3 Å². The molecule has 0 saturated heterocycles. The van der Waals surface area contributed by atoms with E-state index in [2.05, 4.69) is 4.98 Å². The lowest BCUT2D eigenvalue weighted by Crippen LogP contribution is -2.27. The van der Waals surface area contributed by atoms with Crippen molar-refractivity contribution in [3.8, 4) is 0 Å². The Balaban J connectivity index is 1.83. The zero-order chi connectivity index (χ0) is 18.6. The number of rotatable bonds is 2. The fraction of sp³-hybridized carbons (Fsp3) is 0.333. The van der Waals surface area contributed by atoms with Crippen molar-refractivity contribution < 1.29 is 18.0 Å². The monoisotopic (exact) mass is 379 g/mol. The quantitative estimate of drug-likeness (QED) is 0.666. The third kappa shape index (κ3) is 2.55. The summed E-state index contributed by atoms with van der Waals surface area (Å²) < 4.78 is 43.7. The van der Waals surface area contributed by atoms with Gasteiger partial charge < -0.3 is 9.13 Å². The lowest BCUT2D eigenvalue weighted by Gasteiger charge is -2.22. The minimum absolute atomic E-state index is 0.0744. The molecule has 0 bridgehead atoms. The normalized spacial score (nSPS) is 17.7. The minimum Gasteiger partial charge on any atom is -0.338 e. The lowest BCUT2D eigenvalue weighted by molar-refractivity contribution is -0.136. The third-order valence-electron chi connectivity index (χ3n) is 4.84. The van der Waals surface area contributed by atoms with Gasteiger partial charge in [0.1, 0.15) is 5.82 Å². The fourth-order valence-corrected chi connectivity index (χ4v) is 4.81. The van der Waals surface area contributed by atoms with Gasteiger partial charge in [-0.25, -0.2) is 4.98 Å². The zero-order valence-electron chi connectivity index (χ0n) is 14.2. The molecule has 1 aliphatic heterocycles. The molecule has 0 fully saturated rings. The number of imidazole rings is 1. The molecular formula is C18H16F3N3OS. The number of halogens is 3. The second-order valence-corrected chi connectivity index (χ2v) is 7.45. The number of alkyl halides is 3. The van der Waals surface area contributed by atoms with E-state index < -0.39 is 11.7 Å². The molecule has 1 unspecified atom stereocenters. The highest BCUT2D eigenvalue weighted by molar-refractivity contribution is 7.99. The number of nitrogens with zero attached hydrogens (tertiary/aromatic N) is 3. The number of hydrogen-bond acceptors (Lipinski definition) is 3. The van der Waals surface area contributed by atoms with Crippen molar-refractivity contribution >= 4 is 28.4 Å². The number of fused-ring (bicyclic) bond motifs is 3.